The number of amides is 1. The van der Waals surface area contributed by atoms with E-state index in [4.69, 9.17) is 0 Å². The topological polar surface area (TPSA) is 104 Å². The number of carboxylic acid groups (broad SMARTS) is 1. The van der Waals surface area contributed by atoms with Crippen LogP contribution in [0.5, 0.6) is 0 Å². The molecule has 0 unspecified atom stereocenters. The van der Waals surface area contributed by atoms with E-state index < -0.39 is 27.8 Å². The number of nitrogens with one attached hydrogen (secondary N) is 1. The largest absolute Gasteiger partial charge is 0.480 e. The molecule has 0 bridgehead atoms. The third-order valence-corrected chi connectivity index (χ3v) is 9.98. The SMILES string of the molecule is Cc1ccccc1-c1cc(CN(C2CC2)C2(Cc3ccccc3)CCCC2)ccc1C(=O)N[C@@H](CCS(C)(=O)=O)C(=O)O. The molecule has 2 N–H and O–H groups in total. The van der Waals surface area contributed by atoms with Gasteiger partial charge >= 0.3 is 5.97 Å². The number of aliphatic carboxylic acids is 1. The molecule has 5 rings (SSSR count). The van der Waals surface area contributed by atoms with E-state index in [1.807, 2.05) is 37.3 Å². The summed E-state index contributed by atoms with van der Waals surface area (Å²) in [5, 5.41) is 12.3. The van der Waals surface area contributed by atoms with Crippen LogP contribution in [0.2, 0.25) is 0 Å². The summed E-state index contributed by atoms with van der Waals surface area (Å²) >= 11 is 0. The highest BCUT2D eigenvalue weighted by atomic mass is 32.2. The quantitative estimate of drug-likeness (QED) is 0.256. The Morgan fingerprint density at radius 1 is 0.953 bits per heavy atom. The second kappa shape index (κ2) is 13.0. The number of benzene rings is 3. The molecule has 0 aliphatic heterocycles. The fourth-order valence-corrected chi connectivity index (χ4v) is 7.32. The molecule has 0 heterocycles. The summed E-state index contributed by atoms with van der Waals surface area (Å²) in [7, 11) is -3.38. The number of nitrogens with zero attached hydrogens (tertiary/aromatic N) is 1. The van der Waals surface area contributed by atoms with Gasteiger partial charge in [0, 0.05) is 29.9 Å². The van der Waals surface area contributed by atoms with Crippen molar-refractivity contribution in [2.75, 3.05) is 12.0 Å². The van der Waals surface area contributed by atoms with Crippen LogP contribution in [-0.2, 0) is 27.6 Å². The maximum atomic E-state index is 13.6. The Hall–Kier alpha value is -3.49. The normalized spacial score (nSPS) is 17.1. The van der Waals surface area contributed by atoms with Crippen LogP contribution in [0.4, 0.5) is 0 Å². The lowest BCUT2D eigenvalue weighted by Gasteiger charge is -2.42. The van der Waals surface area contributed by atoms with Crippen molar-refractivity contribution in [3.8, 4) is 11.1 Å². The molecule has 1 atom stereocenters. The van der Waals surface area contributed by atoms with E-state index in [9.17, 15) is 23.1 Å². The van der Waals surface area contributed by atoms with E-state index in [1.54, 1.807) is 6.07 Å². The number of sulfone groups is 1. The van der Waals surface area contributed by atoms with Gasteiger partial charge in [-0.05, 0) is 85.4 Å². The molecule has 1 amide bonds. The van der Waals surface area contributed by atoms with E-state index in [1.165, 1.54) is 44.1 Å². The highest BCUT2D eigenvalue weighted by Crippen LogP contribution is 2.45. The highest BCUT2D eigenvalue weighted by Gasteiger charge is 2.45. The summed E-state index contributed by atoms with van der Waals surface area (Å²) in [5.74, 6) is -2.11. The smallest absolute Gasteiger partial charge is 0.326 e. The van der Waals surface area contributed by atoms with Crippen LogP contribution in [0.25, 0.3) is 11.1 Å². The highest BCUT2D eigenvalue weighted by molar-refractivity contribution is 7.90. The Balaban J connectivity index is 1.47. The Morgan fingerprint density at radius 3 is 2.26 bits per heavy atom. The summed E-state index contributed by atoms with van der Waals surface area (Å²) < 4.78 is 23.4. The van der Waals surface area contributed by atoms with Crippen molar-refractivity contribution in [2.24, 2.45) is 0 Å². The maximum Gasteiger partial charge on any atom is 0.326 e. The van der Waals surface area contributed by atoms with Crippen molar-refractivity contribution in [3.05, 3.63) is 95.1 Å². The van der Waals surface area contributed by atoms with Crippen LogP contribution in [0.3, 0.4) is 0 Å². The molecule has 8 heteroatoms. The van der Waals surface area contributed by atoms with E-state index in [0.29, 0.717) is 11.6 Å². The van der Waals surface area contributed by atoms with Gasteiger partial charge in [0.1, 0.15) is 15.9 Å². The molecule has 2 fully saturated rings. The van der Waals surface area contributed by atoms with Crippen LogP contribution in [-0.4, -0.2) is 59.9 Å². The van der Waals surface area contributed by atoms with Crippen LogP contribution in [0.15, 0.2) is 72.8 Å². The van der Waals surface area contributed by atoms with Gasteiger partial charge in [-0.2, -0.15) is 0 Å². The number of hydrogen-bond acceptors (Lipinski definition) is 5. The predicted octanol–water partition coefficient (Wildman–Crippen LogP) is 5.80. The van der Waals surface area contributed by atoms with Gasteiger partial charge in [-0.15, -0.1) is 0 Å². The fraction of sp³-hybridized carbons (Fsp3) is 0.429. The molecule has 0 spiro atoms. The van der Waals surface area contributed by atoms with Crippen molar-refractivity contribution in [1.82, 2.24) is 10.2 Å². The first kappa shape index (κ1) is 31.0. The lowest BCUT2D eigenvalue weighted by molar-refractivity contribution is -0.139. The van der Waals surface area contributed by atoms with Crippen LogP contribution >= 0.6 is 0 Å². The summed E-state index contributed by atoms with van der Waals surface area (Å²) in [5.41, 5.74) is 5.64. The van der Waals surface area contributed by atoms with Crippen molar-refractivity contribution in [1.29, 1.82) is 0 Å². The van der Waals surface area contributed by atoms with Crippen LogP contribution in [0.1, 0.15) is 72.0 Å². The minimum atomic E-state index is -3.38. The van der Waals surface area contributed by atoms with Gasteiger partial charge in [0.2, 0.25) is 0 Å². The number of carbonyl (C=O) groups is 2. The van der Waals surface area contributed by atoms with Gasteiger partial charge in [0.25, 0.3) is 5.91 Å². The molecule has 0 aromatic heterocycles. The molecular weight excluding hydrogens is 560 g/mol. The van der Waals surface area contributed by atoms with E-state index in [0.717, 1.165) is 41.5 Å². The zero-order chi connectivity index (χ0) is 30.6. The van der Waals surface area contributed by atoms with Gasteiger partial charge < -0.3 is 10.4 Å². The molecule has 228 valence electrons. The molecule has 7 nitrogen and oxygen atoms in total. The average Bonchev–Trinajstić information content (AvgIpc) is 3.71. The molecule has 43 heavy (non-hydrogen) atoms. The summed E-state index contributed by atoms with van der Waals surface area (Å²) in [6.45, 7) is 2.78. The van der Waals surface area contributed by atoms with Crippen molar-refractivity contribution >= 4 is 21.7 Å². The molecule has 2 aliphatic rings. The standard InChI is InChI=1S/C35H42N2O5S/c1-25-10-6-7-13-29(25)31-22-27(14-17-30(31)33(38)36-32(34(39)40)18-21-43(2,41)42)24-37(28-15-16-28)35(19-8-9-20-35)23-26-11-4-3-5-12-26/h3-7,10-14,17,22,28,32H,8-9,15-16,18-21,23-24H2,1-2H3,(H,36,38)(H,39,40)/t32-/m0/s1. The molecule has 0 saturated heterocycles. The van der Waals surface area contributed by atoms with Gasteiger partial charge in [0.05, 0.1) is 5.75 Å². The van der Waals surface area contributed by atoms with Gasteiger partial charge in [0.15, 0.2) is 0 Å². The lowest BCUT2D eigenvalue weighted by Crippen LogP contribution is -2.49. The van der Waals surface area contributed by atoms with Crippen LogP contribution < -0.4 is 5.32 Å². The number of aryl methyl sites for hydroxylation is 1. The van der Waals surface area contributed by atoms with E-state index >= 15 is 0 Å². The zero-order valence-corrected chi connectivity index (χ0v) is 25.9. The minimum absolute atomic E-state index is 0.107. The van der Waals surface area contributed by atoms with Crippen molar-refractivity contribution < 1.29 is 23.1 Å². The Kier molecular flexibility index (Phi) is 9.37. The van der Waals surface area contributed by atoms with E-state index in [2.05, 4.69) is 46.6 Å². The Labute approximate surface area is 255 Å². The van der Waals surface area contributed by atoms with Crippen LogP contribution in [0, 0.1) is 6.92 Å². The summed E-state index contributed by atoms with van der Waals surface area (Å²) in [6, 6.07) is 23.8. The first-order valence-electron chi connectivity index (χ1n) is 15.3. The maximum absolute atomic E-state index is 13.6. The summed E-state index contributed by atoms with van der Waals surface area (Å²) in [6.07, 6.45) is 9.10. The third-order valence-electron chi connectivity index (χ3n) is 9.00. The fourth-order valence-electron chi connectivity index (χ4n) is 6.65. The minimum Gasteiger partial charge on any atom is -0.480 e. The predicted molar refractivity (Wildman–Crippen MR) is 170 cm³/mol. The second-order valence-electron chi connectivity index (χ2n) is 12.4. The Morgan fingerprint density at radius 2 is 1.63 bits per heavy atom. The lowest BCUT2D eigenvalue weighted by atomic mass is 9.86. The van der Waals surface area contributed by atoms with E-state index in [-0.39, 0.29) is 17.7 Å². The number of hydrogen-bond donors (Lipinski definition) is 2. The second-order valence-corrected chi connectivity index (χ2v) is 14.7. The molecule has 2 aliphatic carbocycles. The van der Waals surface area contributed by atoms with Crippen molar-refractivity contribution in [3.63, 3.8) is 0 Å². The third kappa shape index (κ3) is 7.73. The molecule has 2 saturated carbocycles. The molecule has 0 radical (unpaired) electrons. The number of rotatable bonds is 13. The van der Waals surface area contributed by atoms with Gasteiger partial charge in [-0.1, -0.05) is 73.5 Å². The number of carboxylic acids is 1. The molecule has 3 aromatic carbocycles. The summed E-state index contributed by atoms with van der Waals surface area (Å²) in [4.78, 5) is 28.2. The molecular formula is C35H42N2O5S. The monoisotopic (exact) mass is 602 g/mol. The number of carbonyl (C=O) groups excluding carboxylic acids is 1. The first-order chi connectivity index (χ1) is 20.5. The average molecular weight is 603 g/mol. The zero-order valence-electron chi connectivity index (χ0n) is 25.1. The van der Waals surface area contributed by atoms with Crippen molar-refractivity contribution in [2.45, 2.75) is 82.5 Å². The molecule has 3 aromatic rings. The van der Waals surface area contributed by atoms with Gasteiger partial charge in [-0.25, -0.2) is 13.2 Å². The van der Waals surface area contributed by atoms with Gasteiger partial charge in [-0.3, -0.25) is 9.69 Å². The Bertz CT molecular complexity index is 1560. The first-order valence-corrected chi connectivity index (χ1v) is 17.3.